The van der Waals surface area contributed by atoms with Gasteiger partial charge in [0.05, 0.1) is 4.90 Å². The molecule has 6 heteroatoms. The van der Waals surface area contributed by atoms with Crippen molar-refractivity contribution in [3.63, 3.8) is 0 Å². The number of thiophene rings is 1. The molecule has 1 aromatic heterocycles. The van der Waals surface area contributed by atoms with Gasteiger partial charge in [0.2, 0.25) is 10.0 Å². The van der Waals surface area contributed by atoms with Gasteiger partial charge in [-0.25, -0.2) is 8.42 Å². The maximum absolute atomic E-state index is 12.6. The fourth-order valence-electron chi connectivity index (χ4n) is 2.55. The molecule has 1 aliphatic heterocycles. The van der Waals surface area contributed by atoms with Crippen LogP contribution in [0.3, 0.4) is 0 Å². The SMILES string of the molecule is CCC1CCN(S(=O)(=O)c2ccsc2CNC)CC1. The molecule has 2 rings (SSSR count). The van der Waals surface area contributed by atoms with Gasteiger partial charge in [-0.3, -0.25) is 0 Å². The van der Waals surface area contributed by atoms with Crippen molar-refractivity contribution < 1.29 is 8.42 Å². The number of nitrogens with zero attached hydrogens (tertiary/aromatic N) is 1. The number of rotatable bonds is 5. The first kappa shape index (κ1) is 15.0. The van der Waals surface area contributed by atoms with Gasteiger partial charge in [-0.05, 0) is 37.3 Å². The smallest absolute Gasteiger partial charge is 0.244 e. The van der Waals surface area contributed by atoms with Crippen LogP contribution in [0.2, 0.25) is 0 Å². The van der Waals surface area contributed by atoms with E-state index in [0.29, 0.717) is 30.4 Å². The van der Waals surface area contributed by atoms with Gasteiger partial charge in [-0.2, -0.15) is 4.31 Å². The van der Waals surface area contributed by atoms with E-state index in [1.807, 2.05) is 12.4 Å². The molecule has 19 heavy (non-hydrogen) atoms. The van der Waals surface area contributed by atoms with E-state index in [-0.39, 0.29) is 0 Å². The topological polar surface area (TPSA) is 49.4 Å². The summed E-state index contributed by atoms with van der Waals surface area (Å²) in [4.78, 5) is 1.39. The third-order valence-electron chi connectivity index (χ3n) is 3.81. The normalized spacial score (nSPS) is 18.8. The number of piperidine rings is 1. The Bertz CT molecular complexity index is 502. The minimum atomic E-state index is -3.30. The lowest BCUT2D eigenvalue weighted by atomic mass is 9.96. The van der Waals surface area contributed by atoms with Gasteiger partial charge < -0.3 is 5.32 Å². The molecule has 0 amide bonds. The maximum atomic E-state index is 12.6. The Kier molecular flexibility index (Phi) is 5.00. The molecule has 0 bridgehead atoms. The van der Waals surface area contributed by atoms with Crippen molar-refractivity contribution >= 4 is 21.4 Å². The summed E-state index contributed by atoms with van der Waals surface area (Å²) in [7, 11) is -1.46. The summed E-state index contributed by atoms with van der Waals surface area (Å²) in [5, 5.41) is 4.89. The molecule has 1 saturated heterocycles. The minimum Gasteiger partial charge on any atom is -0.315 e. The Labute approximate surface area is 119 Å². The predicted octanol–water partition coefficient (Wildman–Crippen LogP) is 2.28. The van der Waals surface area contributed by atoms with E-state index in [1.54, 1.807) is 10.4 Å². The summed E-state index contributed by atoms with van der Waals surface area (Å²) in [6.07, 6.45) is 3.12. The fourth-order valence-corrected chi connectivity index (χ4v) is 5.44. The lowest BCUT2D eigenvalue weighted by Crippen LogP contribution is -2.38. The van der Waals surface area contributed by atoms with Crippen molar-refractivity contribution in [2.75, 3.05) is 20.1 Å². The monoisotopic (exact) mass is 302 g/mol. The van der Waals surface area contributed by atoms with Crippen LogP contribution in [0.25, 0.3) is 0 Å². The van der Waals surface area contributed by atoms with Crippen LogP contribution in [-0.4, -0.2) is 32.9 Å². The van der Waals surface area contributed by atoms with Crippen molar-refractivity contribution in [2.45, 2.75) is 37.6 Å². The summed E-state index contributed by atoms with van der Waals surface area (Å²) in [6.45, 7) is 4.11. The standard InChI is InChI=1S/C13H22N2O2S2/c1-3-11-4-7-15(8-5-11)19(16,17)13-6-9-18-12(13)10-14-2/h6,9,11,14H,3-5,7-8,10H2,1-2H3. The second-order valence-electron chi connectivity index (χ2n) is 4.99. The molecule has 1 fully saturated rings. The molecule has 0 unspecified atom stereocenters. The van der Waals surface area contributed by atoms with Gasteiger partial charge in [0, 0.05) is 24.5 Å². The Balaban J connectivity index is 2.16. The molecule has 108 valence electrons. The van der Waals surface area contributed by atoms with Crippen LogP contribution in [0.1, 0.15) is 31.1 Å². The molecule has 4 nitrogen and oxygen atoms in total. The number of hydrogen-bond donors (Lipinski definition) is 1. The Morgan fingerprint density at radius 2 is 2.11 bits per heavy atom. The van der Waals surface area contributed by atoms with Gasteiger partial charge in [0.15, 0.2) is 0 Å². The number of sulfonamides is 1. The van der Waals surface area contributed by atoms with E-state index >= 15 is 0 Å². The molecular formula is C13H22N2O2S2. The zero-order valence-electron chi connectivity index (χ0n) is 11.6. The van der Waals surface area contributed by atoms with Gasteiger partial charge in [0.25, 0.3) is 0 Å². The number of hydrogen-bond acceptors (Lipinski definition) is 4. The zero-order valence-corrected chi connectivity index (χ0v) is 13.2. The molecule has 0 aliphatic carbocycles. The van der Waals surface area contributed by atoms with Crippen LogP contribution in [0, 0.1) is 5.92 Å². The van der Waals surface area contributed by atoms with Gasteiger partial charge in [0.1, 0.15) is 0 Å². The largest absolute Gasteiger partial charge is 0.315 e. The molecule has 1 aromatic rings. The molecule has 0 saturated carbocycles. The first-order valence-corrected chi connectivity index (χ1v) is 9.12. The second kappa shape index (κ2) is 6.35. The highest BCUT2D eigenvalue weighted by Crippen LogP contribution is 2.29. The first-order chi connectivity index (χ1) is 9.09. The van der Waals surface area contributed by atoms with Crippen molar-refractivity contribution in [3.8, 4) is 0 Å². The molecule has 1 aliphatic rings. The third-order valence-corrected chi connectivity index (χ3v) is 6.84. The lowest BCUT2D eigenvalue weighted by molar-refractivity contribution is 0.269. The highest BCUT2D eigenvalue weighted by Gasteiger charge is 2.30. The van der Waals surface area contributed by atoms with Gasteiger partial charge >= 0.3 is 0 Å². The Morgan fingerprint density at radius 1 is 1.42 bits per heavy atom. The van der Waals surface area contributed by atoms with Crippen LogP contribution in [0.4, 0.5) is 0 Å². The van der Waals surface area contributed by atoms with Crippen molar-refractivity contribution in [2.24, 2.45) is 5.92 Å². The van der Waals surface area contributed by atoms with Crippen LogP contribution < -0.4 is 5.32 Å². The Hall–Kier alpha value is -0.430. The highest BCUT2D eigenvalue weighted by molar-refractivity contribution is 7.89. The molecule has 1 N–H and O–H groups in total. The van der Waals surface area contributed by atoms with Crippen LogP contribution in [0.5, 0.6) is 0 Å². The summed E-state index contributed by atoms with van der Waals surface area (Å²) in [5.41, 5.74) is 0. The molecule has 0 spiro atoms. The molecule has 0 atom stereocenters. The fraction of sp³-hybridized carbons (Fsp3) is 0.692. The molecular weight excluding hydrogens is 280 g/mol. The van der Waals surface area contributed by atoms with Crippen molar-refractivity contribution in [1.29, 1.82) is 0 Å². The van der Waals surface area contributed by atoms with E-state index in [0.717, 1.165) is 24.1 Å². The maximum Gasteiger partial charge on any atom is 0.244 e. The highest BCUT2D eigenvalue weighted by atomic mass is 32.2. The van der Waals surface area contributed by atoms with E-state index in [1.165, 1.54) is 11.3 Å². The first-order valence-electron chi connectivity index (χ1n) is 6.80. The van der Waals surface area contributed by atoms with E-state index < -0.39 is 10.0 Å². The van der Waals surface area contributed by atoms with E-state index in [4.69, 9.17) is 0 Å². The van der Waals surface area contributed by atoms with Crippen molar-refractivity contribution in [3.05, 3.63) is 16.3 Å². The van der Waals surface area contributed by atoms with E-state index in [9.17, 15) is 8.42 Å². The molecule has 0 radical (unpaired) electrons. The number of nitrogens with one attached hydrogen (secondary N) is 1. The van der Waals surface area contributed by atoms with Crippen LogP contribution in [-0.2, 0) is 16.6 Å². The zero-order chi connectivity index (χ0) is 13.9. The Morgan fingerprint density at radius 3 is 2.68 bits per heavy atom. The van der Waals surface area contributed by atoms with Crippen molar-refractivity contribution in [1.82, 2.24) is 9.62 Å². The average molecular weight is 302 g/mol. The summed E-state index contributed by atoms with van der Waals surface area (Å²) >= 11 is 1.50. The summed E-state index contributed by atoms with van der Waals surface area (Å²) in [5.74, 6) is 0.686. The quantitative estimate of drug-likeness (QED) is 0.908. The molecule has 2 heterocycles. The average Bonchev–Trinajstić information content (AvgIpc) is 2.88. The summed E-state index contributed by atoms with van der Waals surface area (Å²) in [6, 6.07) is 1.73. The third kappa shape index (κ3) is 3.18. The second-order valence-corrected chi connectivity index (χ2v) is 7.90. The molecule has 0 aromatic carbocycles. The predicted molar refractivity (Wildman–Crippen MR) is 78.9 cm³/mol. The van der Waals surface area contributed by atoms with Crippen LogP contribution >= 0.6 is 11.3 Å². The van der Waals surface area contributed by atoms with Gasteiger partial charge in [-0.1, -0.05) is 13.3 Å². The lowest BCUT2D eigenvalue weighted by Gasteiger charge is -2.30. The van der Waals surface area contributed by atoms with Gasteiger partial charge in [-0.15, -0.1) is 11.3 Å². The van der Waals surface area contributed by atoms with E-state index in [2.05, 4.69) is 12.2 Å². The minimum absolute atomic E-state index is 0.488. The summed E-state index contributed by atoms with van der Waals surface area (Å²) < 4.78 is 26.9. The van der Waals surface area contributed by atoms with Crippen LogP contribution in [0.15, 0.2) is 16.3 Å².